The minimum atomic E-state index is -1.53. The molecule has 0 spiro atoms. The van der Waals surface area contributed by atoms with Crippen molar-refractivity contribution in [1.29, 1.82) is 0 Å². The monoisotopic (exact) mass is 222 g/mol. The van der Waals surface area contributed by atoms with Gasteiger partial charge in [-0.1, -0.05) is 0 Å². The molecule has 88 valence electrons. The van der Waals surface area contributed by atoms with Crippen LogP contribution in [0.2, 0.25) is 0 Å². The highest BCUT2D eigenvalue weighted by molar-refractivity contribution is 5.73. The summed E-state index contributed by atoms with van der Waals surface area (Å²) in [6.07, 6.45) is -6.79. The van der Waals surface area contributed by atoms with Crippen LogP contribution in [0.4, 0.5) is 0 Å². The van der Waals surface area contributed by atoms with Crippen molar-refractivity contribution < 1.29 is 31.3 Å². The fourth-order valence-electron chi connectivity index (χ4n) is 1.38. The first-order valence-electron chi connectivity index (χ1n) is 5.11. The SMILES string of the molecule is [2H]CC(=O)NC1O[C@H](CO)[C@H](O)[C@H](O)[C@H]1O. The van der Waals surface area contributed by atoms with Gasteiger partial charge in [0.2, 0.25) is 5.91 Å². The van der Waals surface area contributed by atoms with Crippen molar-refractivity contribution in [3.05, 3.63) is 0 Å². The lowest BCUT2D eigenvalue weighted by atomic mass is 9.98. The molecular formula is C8H15NO6. The Balaban J connectivity index is 2.67. The van der Waals surface area contributed by atoms with Crippen molar-refractivity contribution >= 4 is 5.91 Å². The number of carbonyl (C=O) groups excluding carboxylic acids is 1. The molecule has 0 aromatic carbocycles. The predicted molar refractivity (Wildman–Crippen MR) is 47.6 cm³/mol. The van der Waals surface area contributed by atoms with Crippen molar-refractivity contribution in [2.75, 3.05) is 6.61 Å². The van der Waals surface area contributed by atoms with E-state index in [1.807, 2.05) is 0 Å². The molecule has 0 saturated carbocycles. The van der Waals surface area contributed by atoms with Crippen LogP contribution in [0.1, 0.15) is 8.27 Å². The largest absolute Gasteiger partial charge is 0.394 e. The van der Waals surface area contributed by atoms with Crippen LogP contribution < -0.4 is 5.32 Å². The second-order valence-electron chi connectivity index (χ2n) is 3.32. The Kier molecular flexibility index (Phi) is 3.49. The minimum absolute atomic E-state index is 0.547. The number of amides is 1. The van der Waals surface area contributed by atoms with Gasteiger partial charge < -0.3 is 30.5 Å². The average Bonchev–Trinajstić information content (AvgIpc) is 2.29. The quantitative estimate of drug-likeness (QED) is 0.338. The second kappa shape index (κ2) is 4.86. The molecule has 15 heavy (non-hydrogen) atoms. The second-order valence-corrected chi connectivity index (χ2v) is 3.32. The lowest BCUT2D eigenvalue weighted by Crippen LogP contribution is -2.63. The van der Waals surface area contributed by atoms with Gasteiger partial charge in [-0.3, -0.25) is 4.79 Å². The molecule has 7 heteroatoms. The number of hydrogen-bond acceptors (Lipinski definition) is 6. The number of hydrogen-bond donors (Lipinski definition) is 5. The standard InChI is InChI=1S/C8H15NO6/c1-3(11)9-8-7(14)6(13)5(12)4(2-10)15-8/h4-8,10,12-14H,2H2,1H3,(H,9,11)/t4-,5+,6+,7-,8?/m1/s1/i1D. The Morgan fingerprint density at radius 2 is 2.07 bits per heavy atom. The highest BCUT2D eigenvalue weighted by Crippen LogP contribution is 2.19. The molecule has 1 fully saturated rings. The van der Waals surface area contributed by atoms with E-state index in [1.165, 1.54) is 0 Å². The zero-order valence-electron chi connectivity index (χ0n) is 8.91. The van der Waals surface area contributed by atoms with Gasteiger partial charge >= 0.3 is 0 Å². The molecule has 0 radical (unpaired) electrons. The number of rotatable bonds is 2. The molecule has 0 aromatic rings. The molecule has 1 aliphatic rings. The van der Waals surface area contributed by atoms with E-state index in [1.54, 1.807) is 0 Å². The first-order valence-corrected chi connectivity index (χ1v) is 4.40. The molecular weight excluding hydrogens is 206 g/mol. The highest BCUT2D eigenvalue weighted by atomic mass is 16.6. The van der Waals surface area contributed by atoms with Crippen molar-refractivity contribution in [2.24, 2.45) is 0 Å². The Hall–Kier alpha value is -0.730. The third kappa shape index (κ3) is 2.64. The number of aliphatic hydroxyl groups is 4. The van der Waals surface area contributed by atoms with Gasteiger partial charge in [0.1, 0.15) is 24.4 Å². The zero-order valence-corrected chi connectivity index (χ0v) is 7.91. The van der Waals surface area contributed by atoms with Gasteiger partial charge in [0.25, 0.3) is 0 Å². The summed E-state index contributed by atoms with van der Waals surface area (Å²) in [6, 6.07) is 0. The molecule has 1 saturated heterocycles. The van der Waals surface area contributed by atoms with Crippen LogP contribution in [-0.4, -0.2) is 63.6 Å². The van der Waals surface area contributed by atoms with Crippen molar-refractivity contribution in [3.63, 3.8) is 0 Å². The van der Waals surface area contributed by atoms with Crippen molar-refractivity contribution in [2.45, 2.75) is 37.5 Å². The molecule has 1 aliphatic heterocycles. The Labute approximate surface area is 87.7 Å². The first-order chi connectivity index (χ1) is 7.51. The lowest BCUT2D eigenvalue weighted by molar-refractivity contribution is -0.235. The van der Waals surface area contributed by atoms with Gasteiger partial charge in [0.15, 0.2) is 6.23 Å². The zero-order chi connectivity index (χ0) is 12.3. The number of carbonyl (C=O) groups is 1. The summed E-state index contributed by atoms with van der Waals surface area (Å²) in [5.74, 6) is -0.690. The van der Waals surface area contributed by atoms with Crippen LogP contribution in [0.25, 0.3) is 0 Å². The molecule has 1 amide bonds. The van der Waals surface area contributed by atoms with Crippen molar-refractivity contribution in [3.8, 4) is 0 Å². The maximum atomic E-state index is 10.9. The van der Waals surface area contributed by atoms with Crippen LogP contribution in [0.5, 0.6) is 0 Å². The summed E-state index contributed by atoms with van der Waals surface area (Å²) in [4.78, 5) is 10.9. The summed E-state index contributed by atoms with van der Waals surface area (Å²) in [5.41, 5.74) is 0. The molecule has 0 bridgehead atoms. The highest BCUT2D eigenvalue weighted by Gasteiger charge is 2.43. The van der Waals surface area contributed by atoms with E-state index < -0.39 is 50.1 Å². The summed E-state index contributed by atoms with van der Waals surface area (Å²) in [5, 5.41) is 39.3. The fraction of sp³-hybridized carbons (Fsp3) is 0.875. The maximum Gasteiger partial charge on any atom is 0.218 e. The Morgan fingerprint density at radius 1 is 1.40 bits per heavy atom. The van der Waals surface area contributed by atoms with Gasteiger partial charge in [-0.05, 0) is 0 Å². The summed E-state index contributed by atoms with van der Waals surface area (Å²) in [7, 11) is 0. The van der Waals surface area contributed by atoms with Gasteiger partial charge in [-0.2, -0.15) is 0 Å². The number of ether oxygens (including phenoxy) is 1. The fourth-order valence-corrected chi connectivity index (χ4v) is 1.38. The number of nitrogens with one attached hydrogen (secondary N) is 1. The van der Waals surface area contributed by atoms with Crippen molar-refractivity contribution in [1.82, 2.24) is 5.32 Å². The topological polar surface area (TPSA) is 119 Å². The molecule has 0 aromatic heterocycles. The van der Waals surface area contributed by atoms with E-state index in [4.69, 9.17) is 11.2 Å². The minimum Gasteiger partial charge on any atom is -0.394 e. The van der Waals surface area contributed by atoms with E-state index in [9.17, 15) is 20.1 Å². The molecule has 1 heterocycles. The lowest BCUT2D eigenvalue weighted by Gasteiger charge is -2.39. The van der Waals surface area contributed by atoms with Gasteiger partial charge in [0, 0.05) is 8.27 Å². The maximum absolute atomic E-state index is 10.9. The van der Waals surface area contributed by atoms with Crippen LogP contribution in [0.15, 0.2) is 0 Å². The van der Waals surface area contributed by atoms with E-state index in [0.717, 1.165) is 0 Å². The van der Waals surface area contributed by atoms with Crippen LogP contribution in [0, 0.1) is 0 Å². The smallest absolute Gasteiger partial charge is 0.218 e. The van der Waals surface area contributed by atoms with Crippen LogP contribution in [-0.2, 0) is 9.53 Å². The van der Waals surface area contributed by atoms with E-state index >= 15 is 0 Å². The molecule has 5 N–H and O–H groups in total. The third-order valence-corrected chi connectivity index (χ3v) is 2.20. The molecule has 5 atom stereocenters. The summed E-state index contributed by atoms with van der Waals surface area (Å²) >= 11 is 0. The van der Waals surface area contributed by atoms with Gasteiger partial charge in [0.05, 0.1) is 6.61 Å². The predicted octanol–water partition coefficient (Wildman–Crippen LogP) is -3.08. The van der Waals surface area contributed by atoms with Gasteiger partial charge in [-0.15, -0.1) is 0 Å². The molecule has 1 unspecified atom stereocenters. The Bertz CT molecular complexity index is 251. The number of aliphatic hydroxyl groups excluding tert-OH is 4. The first kappa shape index (κ1) is 10.8. The van der Waals surface area contributed by atoms with Crippen LogP contribution >= 0.6 is 0 Å². The summed E-state index contributed by atoms with van der Waals surface area (Å²) in [6.45, 7) is -1.10. The van der Waals surface area contributed by atoms with E-state index in [2.05, 4.69) is 5.32 Å². The molecule has 0 aliphatic carbocycles. The molecule has 1 rings (SSSR count). The average molecular weight is 222 g/mol. The van der Waals surface area contributed by atoms with Crippen LogP contribution in [0.3, 0.4) is 0 Å². The summed E-state index contributed by atoms with van der Waals surface area (Å²) < 4.78 is 11.7. The Morgan fingerprint density at radius 3 is 2.60 bits per heavy atom. The van der Waals surface area contributed by atoms with Gasteiger partial charge in [-0.25, -0.2) is 0 Å². The van der Waals surface area contributed by atoms with E-state index in [0.29, 0.717) is 0 Å². The van der Waals surface area contributed by atoms with E-state index in [-0.39, 0.29) is 0 Å². The normalized spacial score (nSPS) is 42.1. The molecule has 7 nitrogen and oxygen atoms in total. The third-order valence-electron chi connectivity index (χ3n) is 2.20.